The zero-order chi connectivity index (χ0) is 14.0. The molecule has 0 saturated carbocycles. The summed E-state index contributed by atoms with van der Waals surface area (Å²) in [6, 6.07) is -0.346. The van der Waals surface area contributed by atoms with Crippen molar-refractivity contribution in [2.45, 2.75) is 26.7 Å². The van der Waals surface area contributed by atoms with Gasteiger partial charge in [0.05, 0.1) is 6.61 Å². The lowest BCUT2D eigenvalue weighted by Crippen LogP contribution is -2.45. The molecule has 0 aromatic rings. The fraction of sp³-hybridized carbons (Fsp3) is 0.833. The number of rotatable bonds is 9. The quantitative estimate of drug-likeness (QED) is 0.652. The van der Waals surface area contributed by atoms with Crippen LogP contribution in [0.15, 0.2) is 0 Å². The third kappa shape index (κ3) is 7.11. The molecule has 0 saturated heterocycles. The SMILES string of the molecule is CCC(CC)CNC(=O)N(CCOC)CC(=O)O. The van der Waals surface area contributed by atoms with Crippen molar-refractivity contribution >= 4 is 12.0 Å². The lowest BCUT2D eigenvalue weighted by Gasteiger charge is -2.22. The van der Waals surface area contributed by atoms with Crippen LogP contribution in [0, 0.1) is 5.92 Å². The van der Waals surface area contributed by atoms with Crippen LogP contribution in [0.1, 0.15) is 26.7 Å². The van der Waals surface area contributed by atoms with Crippen molar-refractivity contribution in [2.24, 2.45) is 5.92 Å². The molecule has 0 aliphatic heterocycles. The van der Waals surface area contributed by atoms with Gasteiger partial charge in [-0.2, -0.15) is 0 Å². The van der Waals surface area contributed by atoms with E-state index in [2.05, 4.69) is 19.2 Å². The van der Waals surface area contributed by atoms with Gasteiger partial charge in [0.1, 0.15) is 6.54 Å². The number of carbonyl (C=O) groups is 2. The summed E-state index contributed by atoms with van der Waals surface area (Å²) >= 11 is 0. The summed E-state index contributed by atoms with van der Waals surface area (Å²) in [5.74, 6) is -0.591. The summed E-state index contributed by atoms with van der Waals surface area (Å²) in [7, 11) is 1.51. The molecular weight excluding hydrogens is 236 g/mol. The van der Waals surface area contributed by atoms with Crippen molar-refractivity contribution in [1.29, 1.82) is 0 Å². The van der Waals surface area contributed by atoms with Gasteiger partial charge < -0.3 is 20.1 Å². The Morgan fingerprint density at radius 1 is 1.33 bits per heavy atom. The Hall–Kier alpha value is -1.30. The molecule has 0 radical (unpaired) electrons. The Morgan fingerprint density at radius 2 is 1.94 bits per heavy atom. The summed E-state index contributed by atoms with van der Waals surface area (Å²) in [6.45, 7) is 5.01. The highest BCUT2D eigenvalue weighted by Crippen LogP contribution is 2.05. The highest BCUT2D eigenvalue weighted by atomic mass is 16.5. The van der Waals surface area contributed by atoms with Gasteiger partial charge in [-0.1, -0.05) is 26.7 Å². The highest BCUT2D eigenvalue weighted by Gasteiger charge is 2.16. The normalized spacial score (nSPS) is 10.4. The topological polar surface area (TPSA) is 78.9 Å². The molecular formula is C12H24N2O4. The molecule has 0 aliphatic rings. The van der Waals surface area contributed by atoms with Gasteiger partial charge in [-0.15, -0.1) is 0 Å². The number of amides is 2. The molecule has 0 rings (SSSR count). The van der Waals surface area contributed by atoms with Crippen molar-refractivity contribution in [3.05, 3.63) is 0 Å². The van der Waals surface area contributed by atoms with Crippen LogP contribution < -0.4 is 5.32 Å². The summed E-state index contributed by atoms with van der Waals surface area (Å²) in [5.41, 5.74) is 0. The molecule has 6 nitrogen and oxygen atoms in total. The number of carboxylic acids is 1. The molecule has 0 unspecified atom stereocenters. The number of ether oxygens (including phenoxy) is 1. The van der Waals surface area contributed by atoms with E-state index in [0.717, 1.165) is 12.8 Å². The highest BCUT2D eigenvalue weighted by molar-refractivity contribution is 5.80. The maximum atomic E-state index is 11.8. The van der Waals surface area contributed by atoms with Crippen LogP contribution in [0.4, 0.5) is 4.79 Å². The second kappa shape index (κ2) is 9.70. The average molecular weight is 260 g/mol. The fourth-order valence-electron chi connectivity index (χ4n) is 1.54. The molecule has 2 amide bonds. The molecule has 106 valence electrons. The van der Waals surface area contributed by atoms with Gasteiger partial charge >= 0.3 is 12.0 Å². The predicted octanol–water partition coefficient (Wildman–Crippen LogP) is 1.17. The lowest BCUT2D eigenvalue weighted by atomic mass is 10.0. The van der Waals surface area contributed by atoms with Gasteiger partial charge in [-0.3, -0.25) is 4.79 Å². The Bertz CT molecular complexity index is 254. The molecule has 0 aliphatic carbocycles. The van der Waals surface area contributed by atoms with Crippen LogP contribution in [-0.4, -0.2) is 55.4 Å². The number of methoxy groups -OCH3 is 1. The third-order valence-corrected chi connectivity index (χ3v) is 2.88. The summed E-state index contributed by atoms with van der Waals surface area (Å²) in [4.78, 5) is 23.7. The average Bonchev–Trinajstić information content (AvgIpc) is 2.35. The zero-order valence-corrected chi connectivity index (χ0v) is 11.4. The Labute approximate surface area is 108 Å². The monoisotopic (exact) mass is 260 g/mol. The molecule has 0 spiro atoms. The second-order valence-corrected chi connectivity index (χ2v) is 4.18. The van der Waals surface area contributed by atoms with E-state index >= 15 is 0 Å². The first-order chi connectivity index (χ1) is 8.54. The van der Waals surface area contributed by atoms with E-state index in [1.807, 2.05) is 0 Å². The lowest BCUT2D eigenvalue weighted by molar-refractivity contribution is -0.137. The standard InChI is InChI=1S/C12H24N2O4/c1-4-10(5-2)8-13-12(17)14(6-7-18-3)9-11(15)16/h10H,4-9H2,1-3H3,(H,13,17)(H,15,16). The van der Waals surface area contributed by atoms with Crippen LogP contribution in [0.3, 0.4) is 0 Å². The number of urea groups is 1. The minimum Gasteiger partial charge on any atom is -0.480 e. The van der Waals surface area contributed by atoms with Crippen molar-refractivity contribution in [1.82, 2.24) is 10.2 Å². The van der Waals surface area contributed by atoms with E-state index in [1.54, 1.807) is 0 Å². The van der Waals surface area contributed by atoms with E-state index in [-0.39, 0.29) is 19.1 Å². The van der Waals surface area contributed by atoms with Crippen molar-refractivity contribution in [3.8, 4) is 0 Å². The molecule has 6 heteroatoms. The summed E-state index contributed by atoms with van der Waals surface area (Å²) in [5, 5.41) is 11.5. The Kier molecular flexibility index (Phi) is 9.00. The van der Waals surface area contributed by atoms with Crippen LogP contribution in [0.5, 0.6) is 0 Å². The van der Waals surface area contributed by atoms with E-state index in [9.17, 15) is 9.59 Å². The van der Waals surface area contributed by atoms with E-state index in [4.69, 9.17) is 9.84 Å². The van der Waals surface area contributed by atoms with Gasteiger partial charge in [-0.25, -0.2) is 4.79 Å². The van der Waals surface area contributed by atoms with Gasteiger partial charge in [0.15, 0.2) is 0 Å². The number of nitrogens with zero attached hydrogens (tertiary/aromatic N) is 1. The maximum Gasteiger partial charge on any atom is 0.323 e. The minimum atomic E-state index is -1.02. The number of carbonyl (C=O) groups excluding carboxylic acids is 1. The molecule has 0 atom stereocenters. The van der Waals surface area contributed by atoms with Crippen molar-refractivity contribution in [2.75, 3.05) is 33.4 Å². The van der Waals surface area contributed by atoms with Crippen LogP contribution in [0.2, 0.25) is 0 Å². The Balaban J connectivity index is 4.22. The van der Waals surface area contributed by atoms with Crippen molar-refractivity contribution in [3.63, 3.8) is 0 Å². The first-order valence-electron chi connectivity index (χ1n) is 6.28. The number of hydrogen-bond donors (Lipinski definition) is 2. The first kappa shape index (κ1) is 16.7. The first-order valence-corrected chi connectivity index (χ1v) is 6.28. The maximum absolute atomic E-state index is 11.8. The molecule has 0 aromatic carbocycles. The number of carboxylic acid groups (broad SMARTS) is 1. The number of hydrogen-bond acceptors (Lipinski definition) is 3. The zero-order valence-electron chi connectivity index (χ0n) is 11.4. The minimum absolute atomic E-state index is 0.275. The molecule has 0 bridgehead atoms. The van der Waals surface area contributed by atoms with Crippen molar-refractivity contribution < 1.29 is 19.4 Å². The summed E-state index contributed by atoms with van der Waals surface area (Å²) < 4.78 is 4.86. The van der Waals surface area contributed by atoms with Crippen LogP contribution in [0.25, 0.3) is 0 Å². The van der Waals surface area contributed by atoms with Gasteiger partial charge in [-0.05, 0) is 5.92 Å². The van der Waals surface area contributed by atoms with E-state index in [0.29, 0.717) is 19.1 Å². The third-order valence-electron chi connectivity index (χ3n) is 2.88. The van der Waals surface area contributed by atoms with Gasteiger partial charge in [0, 0.05) is 20.2 Å². The van der Waals surface area contributed by atoms with Crippen LogP contribution in [-0.2, 0) is 9.53 Å². The molecule has 2 N–H and O–H groups in total. The molecule has 0 heterocycles. The number of aliphatic carboxylic acids is 1. The Morgan fingerprint density at radius 3 is 2.39 bits per heavy atom. The van der Waals surface area contributed by atoms with Gasteiger partial charge in [0.2, 0.25) is 0 Å². The number of nitrogens with one attached hydrogen (secondary N) is 1. The smallest absolute Gasteiger partial charge is 0.323 e. The molecule has 0 aromatic heterocycles. The molecule has 0 fully saturated rings. The van der Waals surface area contributed by atoms with E-state index in [1.165, 1.54) is 12.0 Å². The van der Waals surface area contributed by atoms with Crippen LogP contribution >= 0.6 is 0 Å². The predicted molar refractivity (Wildman–Crippen MR) is 68.6 cm³/mol. The summed E-state index contributed by atoms with van der Waals surface area (Å²) in [6.07, 6.45) is 1.99. The van der Waals surface area contributed by atoms with Gasteiger partial charge in [0.25, 0.3) is 0 Å². The van der Waals surface area contributed by atoms with E-state index < -0.39 is 5.97 Å². The largest absolute Gasteiger partial charge is 0.480 e. The second-order valence-electron chi connectivity index (χ2n) is 4.18. The molecule has 18 heavy (non-hydrogen) atoms. The fourth-order valence-corrected chi connectivity index (χ4v) is 1.54.